The molecule has 0 atom stereocenters. The topological polar surface area (TPSA) is 66.8 Å². The number of phenols is 1. The van der Waals surface area contributed by atoms with Gasteiger partial charge in [0.25, 0.3) is 0 Å². The highest BCUT2D eigenvalue weighted by Crippen LogP contribution is 2.29. The van der Waals surface area contributed by atoms with E-state index < -0.39 is 11.6 Å². The zero-order valence-corrected chi connectivity index (χ0v) is 11.1. The number of rotatable bonds is 6. The lowest BCUT2D eigenvalue weighted by molar-refractivity contribution is -0.152. The first-order valence-electron chi connectivity index (χ1n) is 6.11. The average molecular weight is 252 g/mol. The molecule has 18 heavy (non-hydrogen) atoms. The Kier molecular flexibility index (Phi) is 4.59. The highest BCUT2D eigenvalue weighted by molar-refractivity contribution is 5.76. The number of carboxylic acids is 1. The molecule has 4 nitrogen and oxygen atoms in total. The van der Waals surface area contributed by atoms with E-state index in [0.29, 0.717) is 5.75 Å². The number of aromatic hydroxyl groups is 1. The minimum atomic E-state index is -1.31. The summed E-state index contributed by atoms with van der Waals surface area (Å²) in [5.74, 6) is -0.519. The molecule has 0 heterocycles. The van der Waals surface area contributed by atoms with Gasteiger partial charge in [-0.25, -0.2) is 4.79 Å². The Labute approximate surface area is 107 Å². The van der Waals surface area contributed by atoms with Crippen LogP contribution in [0.25, 0.3) is 0 Å². The van der Waals surface area contributed by atoms with Crippen LogP contribution < -0.4 is 4.74 Å². The van der Waals surface area contributed by atoms with E-state index in [0.717, 1.165) is 24.8 Å². The van der Waals surface area contributed by atoms with E-state index in [1.165, 1.54) is 19.9 Å². The maximum absolute atomic E-state index is 11.0. The lowest BCUT2D eigenvalue weighted by Crippen LogP contribution is -2.38. The second kappa shape index (κ2) is 5.76. The van der Waals surface area contributed by atoms with Crippen molar-refractivity contribution in [3.05, 3.63) is 23.8 Å². The molecule has 1 aromatic carbocycles. The van der Waals surface area contributed by atoms with Gasteiger partial charge in [-0.2, -0.15) is 0 Å². The van der Waals surface area contributed by atoms with Crippen molar-refractivity contribution >= 4 is 5.97 Å². The van der Waals surface area contributed by atoms with Gasteiger partial charge in [-0.1, -0.05) is 19.4 Å². The fraction of sp³-hybridized carbons (Fsp3) is 0.500. The Morgan fingerprint density at radius 3 is 2.61 bits per heavy atom. The van der Waals surface area contributed by atoms with Crippen LogP contribution >= 0.6 is 0 Å². The van der Waals surface area contributed by atoms with Gasteiger partial charge in [-0.15, -0.1) is 0 Å². The van der Waals surface area contributed by atoms with Crippen LogP contribution in [0.5, 0.6) is 11.5 Å². The second-order valence-corrected chi connectivity index (χ2v) is 4.81. The van der Waals surface area contributed by atoms with E-state index in [4.69, 9.17) is 9.84 Å². The van der Waals surface area contributed by atoms with Crippen molar-refractivity contribution in [1.82, 2.24) is 0 Å². The summed E-state index contributed by atoms with van der Waals surface area (Å²) >= 11 is 0. The molecule has 1 rings (SSSR count). The second-order valence-electron chi connectivity index (χ2n) is 4.81. The summed E-state index contributed by atoms with van der Waals surface area (Å²) in [6.45, 7) is 5.06. The predicted molar refractivity (Wildman–Crippen MR) is 69.1 cm³/mol. The summed E-state index contributed by atoms with van der Waals surface area (Å²) in [5.41, 5.74) is -0.390. The largest absolute Gasteiger partial charge is 0.508 e. The third-order valence-corrected chi connectivity index (χ3v) is 2.73. The average Bonchev–Trinajstić information content (AvgIpc) is 2.27. The fourth-order valence-electron chi connectivity index (χ4n) is 1.53. The third-order valence-electron chi connectivity index (χ3n) is 2.73. The molecule has 0 aromatic heterocycles. The monoisotopic (exact) mass is 252 g/mol. The molecule has 0 aliphatic rings. The molecule has 0 saturated heterocycles. The standard InChI is InChI=1S/C14H20O4/c1-4-5-6-10-7-8-11(15)9-12(10)18-14(2,3)13(16)17/h7-9,15H,4-6H2,1-3H3,(H,16,17). The van der Waals surface area contributed by atoms with E-state index in [2.05, 4.69) is 6.92 Å². The van der Waals surface area contributed by atoms with Crippen LogP contribution in [0.3, 0.4) is 0 Å². The number of carboxylic acid groups (broad SMARTS) is 1. The predicted octanol–water partition coefficient (Wildman–Crippen LogP) is 2.98. The van der Waals surface area contributed by atoms with Crippen LogP contribution in [0.4, 0.5) is 0 Å². The van der Waals surface area contributed by atoms with Crippen LogP contribution in [0.15, 0.2) is 18.2 Å². The minimum absolute atomic E-state index is 0.0754. The van der Waals surface area contributed by atoms with Crippen molar-refractivity contribution in [3.8, 4) is 11.5 Å². The number of unbranched alkanes of at least 4 members (excludes halogenated alkanes) is 1. The summed E-state index contributed by atoms with van der Waals surface area (Å²) in [6.07, 6.45) is 2.85. The van der Waals surface area contributed by atoms with Crippen molar-refractivity contribution in [1.29, 1.82) is 0 Å². The SMILES string of the molecule is CCCCc1ccc(O)cc1OC(C)(C)C(=O)O. The molecule has 0 aliphatic carbocycles. The zero-order chi connectivity index (χ0) is 13.8. The van der Waals surface area contributed by atoms with Gasteiger partial charge >= 0.3 is 5.97 Å². The molecular weight excluding hydrogens is 232 g/mol. The van der Waals surface area contributed by atoms with Gasteiger partial charge in [0.2, 0.25) is 0 Å². The summed E-state index contributed by atoms with van der Waals surface area (Å²) in [4.78, 5) is 11.0. The van der Waals surface area contributed by atoms with E-state index >= 15 is 0 Å². The number of benzene rings is 1. The first-order chi connectivity index (χ1) is 8.36. The highest BCUT2D eigenvalue weighted by atomic mass is 16.5. The zero-order valence-electron chi connectivity index (χ0n) is 11.1. The van der Waals surface area contributed by atoms with Gasteiger partial charge in [0.1, 0.15) is 11.5 Å². The summed E-state index contributed by atoms with van der Waals surface area (Å²) in [6, 6.07) is 4.83. The van der Waals surface area contributed by atoms with Crippen molar-refractivity contribution in [3.63, 3.8) is 0 Å². The van der Waals surface area contributed by atoms with Crippen molar-refractivity contribution < 1.29 is 19.7 Å². The van der Waals surface area contributed by atoms with Crippen molar-refractivity contribution in [2.75, 3.05) is 0 Å². The molecule has 0 spiro atoms. The lowest BCUT2D eigenvalue weighted by atomic mass is 10.1. The van der Waals surface area contributed by atoms with Crippen LogP contribution in [-0.4, -0.2) is 21.8 Å². The highest BCUT2D eigenvalue weighted by Gasteiger charge is 2.30. The Morgan fingerprint density at radius 2 is 2.06 bits per heavy atom. The summed E-state index contributed by atoms with van der Waals surface area (Å²) in [7, 11) is 0. The maximum atomic E-state index is 11.0. The van der Waals surface area contributed by atoms with Gasteiger partial charge in [-0.05, 0) is 38.3 Å². The van der Waals surface area contributed by atoms with Gasteiger partial charge < -0.3 is 14.9 Å². The van der Waals surface area contributed by atoms with E-state index in [1.807, 2.05) is 0 Å². The Hall–Kier alpha value is -1.71. The molecule has 0 radical (unpaired) electrons. The minimum Gasteiger partial charge on any atom is -0.508 e. The molecule has 2 N–H and O–H groups in total. The van der Waals surface area contributed by atoms with Crippen LogP contribution in [0, 0.1) is 0 Å². The Morgan fingerprint density at radius 1 is 1.39 bits per heavy atom. The number of hydrogen-bond acceptors (Lipinski definition) is 3. The molecule has 4 heteroatoms. The number of aliphatic carboxylic acids is 1. The van der Waals surface area contributed by atoms with Crippen LogP contribution in [-0.2, 0) is 11.2 Å². The molecule has 0 saturated carbocycles. The molecule has 0 bridgehead atoms. The van der Waals surface area contributed by atoms with E-state index in [-0.39, 0.29) is 5.75 Å². The first-order valence-corrected chi connectivity index (χ1v) is 6.11. The van der Waals surface area contributed by atoms with Gasteiger partial charge in [0.15, 0.2) is 5.60 Å². The molecule has 0 fully saturated rings. The lowest BCUT2D eigenvalue weighted by Gasteiger charge is -2.23. The molecular formula is C14H20O4. The third kappa shape index (κ3) is 3.65. The summed E-state index contributed by atoms with van der Waals surface area (Å²) < 4.78 is 5.51. The van der Waals surface area contributed by atoms with Gasteiger partial charge in [-0.3, -0.25) is 0 Å². The fourth-order valence-corrected chi connectivity index (χ4v) is 1.53. The van der Waals surface area contributed by atoms with E-state index in [1.54, 1.807) is 12.1 Å². The quantitative estimate of drug-likeness (QED) is 0.816. The normalized spacial score (nSPS) is 11.3. The maximum Gasteiger partial charge on any atom is 0.347 e. The van der Waals surface area contributed by atoms with Crippen molar-refractivity contribution in [2.45, 2.75) is 45.6 Å². The number of hydrogen-bond donors (Lipinski definition) is 2. The van der Waals surface area contributed by atoms with Crippen LogP contribution in [0.1, 0.15) is 39.2 Å². The van der Waals surface area contributed by atoms with E-state index in [9.17, 15) is 9.90 Å². The van der Waals surface area contributed by atoms with Crippen LogP contribution in [0.2, 0.25) is 0 Å². The smallest absolute Gasteiger partial charge is 0.347 e. The molecule has 0 amide bonds. The summed E-state index contributed by atoms with van der Waals surface area (Å²) in [5, 5.41) is 18.5. The number of ether oxygens (including phenoxy) is 1. The number of carbonyl (C=O) groups is 1. The van der Waals surface area contributed by atoms with Crippen molar-refractivity contribution in [2.24, 2.45) is 0 Å². The number of phenolic OH excluding ortho intramolecular Hbond substituents is 1. The van der Waals surface area contributed by atoms with Gasteiger partial charge in [0, 0.05) is 6.07 Å². The first kappa shape index (κ1) is 14.4. The molecule has 100 valence electrons. The molecule has 0 aliphatic heterocycles. The van der Waals surface area contributed by atoms with Gasteiger partial charge in [0.05, 0.1) is 0 Å². The Bertz CT molecular complexity index is 424. The number of aryl methyl sites for hydroxylation is 1. The molecule has 0 unspecified atom stereocenters. The Balaban J connectivity index is 2.98. The molecule has 1 aromatic rings.